The summed E-state index contributed by atoms with van der Waals surface area (Å²) in [5, 5.41) is 6.60. The van der Waals surface area contributed by atoms with Crippen LogP contribution in [0.5, 0.6) is 0 Å². The van der Waals surface area contributed by atoms with Crippen LogP contribution in [-0.2, 0) is 9.84 Å². The molecule has 1 N–H and O–H groups in total. The van der Waals surface area contributed by atoms with Crippen molar-refractivity contribution >= 4 is 21.6 Å². The number of hydrogen-bond donors (Lipinski definition) is 1. The number of carbonyl (C=O) groups excluding carboxylic acids is 1. The second-order valence-electron chi connectivity index (χ2n) is 7.62. The number of aromatic nitrogens is 1. The molecule has 1 atom stereocenters. The molecule has 2 amide bonds. The molecule has 28 heavy (non-hydrogen) atoms. The van der Waals surface area contributed by atoms with E-state index >= 15 is 0 Å². The highest BCUT2D eigenvalue weighted by molar-refractivity contribution is 7.92. The van der Waals surface area contributed by atoms with Crippen LogP contribution in [0.4, 0.5) is 10.5 Å². The van der Waals surface area contributed by atoms with Gasteiger partial charge in [0.2, 0.25) is 0 Å². The number of nitrogens with one attached hydrogen (secondary N) is 1. The molecule has 2 heterocycles. The Labute approximate surface area is 165 Å². The Morgan fingerprint density at radius 1 is 1.18 bits per heavy atom. The highest BCUT2D eigenvalue weighted by Crippen LogP contribution is 2.33. The van der Waals surface area contributed by atoms with Gasteiger partial charge in [0.05, 0.1) is 16.2 Å². The third-order valence-electron chi connectivity index (χ3n) is 5.66. The maximum Gasteiger partial charge on any atom is 0.322 e. The van der Waals surface area contributed by atoms with Gasteiger partial charge < -0.3 is 14.7 Å². The molecule has 8 heteroatoms. The number of rotatable bonds is 4. The minimum Gasteiger partial charge on any atom is -0.361 e. The van der Waals surface area contributed by atoms with E-state index < -0.39 is 9.84 Å². The van der Waals surface area contributed by atoms with Crippen molar-refractivity contribution in [3.8, 4) is 0 Å². The summed E-state index contributed by atoms with van der Waals surface area (Å²) in [7, 11) is -3.35. The predicted octanol–water partition coefficient (Wildman–Crippen LogP) is 4.07. The molecule has 1 saturated heterocycles. The van der Waals surface area contributed by atoms with Crippen LogP contribution in [0, 0.1) is 6.92 Å². The minimum atomic E-state index is -3.35. The largest absolute Gasteiger partial charge is 0.361 e. The summed E-state index contributed by atoms with van der Waals surface area (Å²) >= 11 is 0. The lowest BCUT2D eigenvalue weighted by atomic mass is 10.1. The quantitative estimate of drug-likeness (QED) is 0.831. The van der Waals surface area contributed by atoms with Gasteiger partial charge in [0.15, 0.2) is 9.84 Å². The van der Waals surface area contributed by atoms with E-state index in [0.717, 1.165) is 31.4 Å². The molecule has 2 aliphatic rings. The molecule has 2 aromatic rings. The number of sulfone groups is 1. The van der Waals surface area contributed by atoms with Crippen molar-refractivity contribution in [3.05, 3.63) is 41.8 Å². The second kappa shape index (κ2) is 7.58. The number of amides is 2. The molecule has 150 valence electrons. The van der Waals surface area contributed by atoms with Crippen molar-refractivity contribution < 1.29 is 17.7 Å². The van der Waals surface area contributed by atoms with Crippen molar-refractivity contribution in [3.63, 3.8) is 0 Å². The van der Waals surface area contributed by atoms with Crippen molar-refractivity contribution in [1.82, 2.24) is 10.1 Å². The van der Waals surface area contributed by atoms with Crippen LogP contribution in [-0.4, -0.2) is 36.3 Å². The summed E-state index contributed by atoms with van der Waals surface area (Å²) in [6.45, 7) is 2.45. The first-order chi connectivity index (χ1) is 13.4. The Hall–Kier alpha value is -2.35. The summed E-state index contributed by atoms with van der Waals surface area (Å²) < 4.78 is 30.8. The molecule has 1 aliphatic carbocycles. The van der Waals surface area contributed by atoms with E-state index in [0.29, 0.717) is 30.8 Å². The molecule has 7 nitrogen and oxygen atoms in total. The third kappa shape index (κ3) is 3.65. The van der Waals surface area contributed by atoms with E-state index in [1.165, 1.54) is 0 Å². The molecule has 1 aromatic carbocycles. The Morgan fingerprint density at radius 3 is 2.68 bits per heavy atom. The fraction of sp³-hybridized carbons (Fsp3) is 0.500. The lowest BCUT2D eigenvalue weighted by Crippen LogP contribution is -2.34. The molecule has 2 fully saturated rings. The van der Waals surface area contributed by atoms with Crippen molar-refractivity contribution in [1.29, 1.82) is 0 Å². The zero-order chi connectivity index (χ0) is 19.7. The monoisotopic (exact) mass is 403 g/mol. The van der Waals surface area contributed by atoms with Crippen LogP contribution in [0.25, 0.3) is 0 Å². The number of anilines is 1. The number of hydrogen-bond acceptors (Lipinski definition) is 5. The van der Waals surface area contributed by atoms with Crippen LogP contribution in [0.3, 0.4) is 0 Å². The Balaban J connectivity index is 1.50. The van der Waals surface area contributed by atoms with E-state index in [1.54, 1.807) is 29.2 Å². The number of likely N-dealkylation sites (tertiary alicyclic amines) is 1. The molecular weight excluding hydrogens is 378 g/mol. The zero-order valence-electron chi connectivity index (χ0n) is 15.9. The van der Waals surface area contributed by atoms with Gasteiger partial charge in [-0.3, -0.25) is 0 Å². The number of aryl methyl sites for hydroxylation is 1. The van der Waals surface area contributed by atoms with Gasteiger partial charge in [0.25, 0.3) is 0 Å². The normalized spacial score (nSPS) is 20.6. The summed E-state index contributed by atoms with van der Waals surface area (Å²) in [5.74, 6) is 0.715. The van der Waals surface area contributed by atoms with E-state index in [-0.39, 0.29) is 22.2 Å². The molecule has 0 radical (unpaired) electrons. The number of carbonyl (C=O) groups is 1. The maximum atomic E-state index is 12.8. The van der Waals surface area contributed by atoms with Gasteiger partial charge in [-0.05, 0) is 50.8 Å². The standard InChI is InChI=1S/C20H25N3O4S/c1-14-12-18(22-27-14)19-10-5-11-23(19)20(24)21-15-6-4-9-17(13-15)28(25,26)16-7-2-3-8-16/h4,6,9,12-13,16,19H,2-3,5,7-8,10-11H2,1H3,(H,21,24)/t19-/m1/s1. The second-order valence-corrected chi connectivity index (χ2v) is 9.85. The molecule has 4 rings (SSSR count). The zero-order valence-corrected chi connectivity index (χ0v) is 16.7. The maximum absolute atomic E-state index is 12.8. The van der Waals surface area contributed by atoms with Crippen molar-refractivity contribution in [2.24, 2.45) is 0 Å². The van der Waals surface area contributed by atoms with Crippen LogP contribution in [0.1, 0.15) is 56.0 Å². The van der Waals surface area contributed by atoms with Crippen LogP contribution in [0.15, 0.2) is 39.8 Å². The average Bonchev–Trinajstić information content (AvgIpc) is 3.43. The van der Waals surface area contributed by atoms with Gasteiger partial charge in [-0.2, -0.15) is 0 Å². The van der Waals surface area contributed by atoms with Crippen molar-refractivity contribution in [2.45, 2.75) is 61.6 Å². The van der Waals surface area contributed by atoms with Crippen molar-refractivity contribution in [2.75, 3.05) is 11.9 Å². The summed E-state index contributed by atoms with van der Waals surface area (Å²) in [6.07, 6.45) is 5.06. The molecule has 1 aliphatic heterocycles. The lowest BCUT2D eigenvalue weighted by Gasteiger charge is -2.23. The Morgan fingerprint density at radius 2 is 1.96 bits per heavy atom. The summed E-state index contributed by atoms with van der Waals surface area (Å²) in [5.41, 5.74) is 1.24. The summed E-state index contributed by atoms with van der Waals surface area (Å²) in [6, 6.07) is 8.06. The highest BCUT2D eigenvalue weighted by Gasteiger charge is 2.33. The fourth-order valence-corrected chi connectivity index (χ4v) is 6.10. The van der Waals surface area contributed by atoms with Crippen LogP contribution < -0.4 is 5.32 Å². The number of urea groups is 1. The van der Waals surface area contributed by atoms with E-state index in [1.807, 2.05) is 13.0 Å². The average molecular weight is 404 g/mol. The molecule has 1 aromatic heterocycles. The Kier molecular flexibility index (Phi) is 5.14. The molecule has 1 saturated carbocycles. The molecular formula is C20H25N3O4S. The van der Waals surface area contributed by atoms with E-state index in [9.17, 15) is 13.2 Å². The summed E-state index contributed by atoms with van der Waals surface area (Å²) in [4.78, 5) is 14.8. The van der Waals surface area contributed by atoms with Gasteiger partial charge in [-0.25, -0.2) is 13.2 Å². The SMILES string of the molecule is Cc1cc([C@H]2CCCN2C(=O)Nc2cccc(S(=O)(=O)C3CCCC3)c2)no1. The third-order valence-corrected chi connectivity index (χ3v) is 7.92. The van der Waals surface area contributed by atoms with Gasteiger partial charge in [0.1, 0.15) is 11.5 Å². The molecule has 0 unspecified atom stereocenters. The molecule has 0 spiro atoms. The van der Waals surface area contributed by atoms with E-state index in [2.05, 4.69) is 10.5 Å². The van der Waals surface area contributed by atoms with Gasteiger partial charge in [-0.15, -0.1) is 0 Å². The first-order valence-electron chi connectivity index (χ1n) is 9.80. The van der Waals surface area contributed by atoms with Gasteiger partial charge >= 0.3 is 6.03 Å². The smallest absolute Gasteiger partial charge is 0.322 e. The van der Waals surface area contributed by atoms with Gasteiger partial charge in [0, 0.05) is 18.3 Å². The van der Waals surface area contributed by atoms with E-state index in [4.69, 9.17) is 4.52 Å². The van der Waals surface area contributed by atoms with Gasteiger partial charge in [-0.1, -0.05) is 24.1 Å². The Bertz CT molecular complexity index is 963. The topological polar surface area (TPSA) is 92.5 Å². The fourth-order valence-electron chi connectivity index (χ4n) is 4.20. The highest BCUT2D eigenvalue weighted by atomic mass is 32.2. The lowest BCUT2D eigenvalue weighted by molar-refractivity contribution is 0.204. The minimum absolute atomic E-state index is 0.122. The number of benzene rings is 1. The molecule has 0 bridgehead atoms. The van der Waals surface area contributed by atoms with Crippen LogP contribution in [0.2, 0.25) is 0 Å². The van der Waals surface area contributed by atoms with Crippen LogP contribution >= 0.6 is 0 Å². The number of nitrogens with zero attached hydrogens (tertiary/aromatic N) is 2. The predicted molar refractivity (Wildman–Crippen MR) is 105 cm³/mol. The first-order valence-corrected chi connectivity index (χ1v) is 11.3. The first kappa shape index (κ1) is 19.0.